The molecular weight excluding hydrogens is 136 g/mol. The molecule has 2 N–H and O–H groups in total. The maximum Gasteiger partial charge on any atom is 0.0453 e. The van der Waals surface area contributed by atoms with Crippen LogP contribution in [0.4, 0.5) is 0 Å². The lowest BCUT2D eigenvalue weighted by molar-refractivity contribution is 0.941. The van der Waals surface area contributed by atoms with Crippen molar-refractivity contribution < 1.29 is 0 Å². The quantitative estimate of drug-likeness (QED) is 0.650. The minimum absolute atomic E-state index is 0.365. The molecule has 0 aliphatic heterocycles. The van der Waals surface area contributed by atoms with Gasteiger partial charge in [0, 0.05) is 23.9 Å². The molecule has 0 amide bonds. The van der Waals surface area contributed by atoms with Gasteiger partial charge in [0.15, 0.2) is 0 Å². The number of rotatable bonds is 1. The van der Waals surface area contributed by atoms with Crippen LogP contribution in [0.15, 0.2) is 18.3 Å². The van der Waals surface area contributed by atoms with E-state index in [4.69, 9.17) is 5.73 Å². The maximum absolute atomic E-state index is 5.71. The fourth-order valence-corrected chi connectivity index (χ4v) is 1.32. The monoisotopic (exact) mass is 148 g/mol. The van der Waals surface area contributed by atoms with E-state index in [1.54, 1.807) is 0 Å². The molecule has 1 aliphatic carbocycles. The molecule has 0 bridgehead atoms. The predicted molar refractivity (Wildman–Crippen MR) is 44.3 cm³/mol. The Kier molecular flexibility index (Phi) is 1.43. The van der Waals surface area contributed by atoms with Crippen molar-refractivity contribution in [2.75, 3.05) is 0 Å². The number of nitrogens with zero attached hydrogens (tertiary/aromatic N) is 1. The van der Waals surface area contributed by atoms with E-state index in [-0.39, 0.29) is 0 Å². The lowest BCUT2D eigenvalue weighted by atomic mass is 10.2. The molecule has 1 saturated carbocycles. The molecule has 1 fully saturated rings. The van der Waals surface area contributed by atoms with Crippen LogP contribution >= 0.6 is 0 Å². The number of nitrogens with two attached hydrogens (primary N) is 1. The summed E-state index contributed by atoms with van der Waals surface area (Å²) >= 11 is 0. The Labute approximate surface area is 66.4 Å². The molecule has 11 heavy (non-hydrogen) atoms. The van der Waals surface area contributed by atoms with Crippen LogP contribution in [0.25, 0.3) is 0 Å². The van der Waals surface area contributed by atoms with Crippen molar-refractivity contribution in [2.24, 2.45) is 5.73 Å². The predicted octanol–water partition coefficient (Wildman–Crippen LogP) is 1.20. The van der Waals surface area contributed by atoms with E-state index in [9.17, 15) is 0 Å². The molecule has 0 saturated heterocycles. The summed E-state index contributed by atoms with van der Waals surface area (Å²) in [5.41, 5.74) is 8.15. The van der Waals surface area contributed by atoms with Crippen molar-refractivity contribution in [3.8, 4) is 0 Å². The first kappa shape index (κ1) is 6.80. The number of aryl methyl sites for hydroxylation is 1. The van der Waals surface area contributed by atoms with Crippen LogP contribution in [0.1, 0.15) is 23.6 Å². The van der Waals surface area contributed by atoms with Crippen molar-refractivity contribution in [3.63, 3.8) is 0 Å². The lowest BCUT2D eigenvalue weighted by Crippen LogP contribution is -2.02. The molecule has 2 heteroatoms. The SMILES string of the molecule is Cc1ccnc(C2CC2N)c1. The number of hydrogen-bond donors (Lipinski definition) is 1. The van der Waals surface area contributed by atoms with Gasteiger partial charge in [-0.05, 0) is 31.0 Å². The van der Waals surface area contributed by atoms with Crippen LogP contribution in [0, 0.1) is 6.92 Å². The van der Waals surface area contributed by atoms with Gasteiger partial charge in [-0.15, -0.1) is 0 Å². The van der Waals surface area contributed by atoms with Gasteiger partial charge in [0.05, 0.1) is 0 Å². The highest BCUT2D eigenvalue weighted by Gasteiger charge is 2.35. The third kappa shape index (κ3) is 1.26. The second-order valence-electron chi connectivity index (χ2n) is 3.26. The lowest BCUT2D eigenvalue weighted by Gasteiger charge is -1.97. The third-order valence-electron chi connectivity index (χ3n) is 2.16. The topological polar surface area (TPSA) is 38.9 Å². The maximum atomic E-state index is 5.71. The summed E-state index contributed by atoms with van der Waals surface area (Å²) in [6.45, 7) is 2.08. The van der Waals surface area contributed by atoms with Gasteiger partial charge in [0.2, 0.25) is 0 Å². The fraction of sp³-hybridized carbons (Fsp3) is 0.444. The summed E-state index contributed by atoms with van der Waals surface area (Å²) in [7, 11) is 0. The zero-order valence-corrected chi connectivity index (χ0v) is 6.62. The molecule has 0 radical (unpaired) electrons. The third-order valence-corrected chi connectivity index (χ3v) is 2.16. The highest BCUT2D eigenvalue weighted by Crippen LogP contribution is 2.37. The van der Waals surface area contributed by atoms with Crippen LogP contribution in [-0.4, -0.2) is 11.0 Å². The van der Waals surface area contributed by atoms with Crippen LogP contribution in [0.5, 0.6) is 0 Å². The fourth-order valence-electron chi connectivity index (χ4n) is 1.32. The van der Waals surface area contributed by atoms with Gasteiger partial charge in [-0.1, -0.05) is 0 Å². The molecule has 1 aromatic heterocycles. The van der Waals surface area contributed by atoms with Gasteiger partial charge in [0.25, 0.3) is 0 Å². The number of aromatic nitrogens is 1. The van der Waals surface area contributed by atoms with Crippen LogP contribution in [-0.2, 0) is 0 Å². The molecule has 1 aromatic rings. The molecule has 2 unspecified atom stereocenters. The summed E-state index contributed by atoms with van der Waals surface area (Å²) in [5, 5.41) is 0. The second-order valence-corrected chi connectivity index (χ2v) is 3.26. The molecule has 1 heterocycles. The van der Waals surface area contributed by atoms with Crippen molar-refractivity contribution >= 4 is 0 Å². The zero-order valence-electron chi connectivity index (χ0n) is 6.62. The molecule has 2 atom stereocenters. The van der Waals surface area contributed by atoms with Gasteiger partial charge in [-0.3, -0.25) is 4.98 Å². The van der Waals surface area contributed by atoms with Crippen LogP contribution in [0.3, 0.4) is 0 Å². The van der Waals surface area contributed by atoms with Gasteiger partial charge in [0.1, 0.15) is 0 Å². The Bertz CT molecular complexity index is 270. The molecular formula is C9H12N2. The second kappa shape index (κ2) is 2.31. The van der Waals surface area contributed by atoms with E-state index in [0.29, 0.717) is 12.0 Å². The number of hydrogen-bond acceptors (Lipinski definition) is 2. The molecule has 58 valence electrons. The standard InChI is InChI=1S/C9H12N2/c1-6-2-3-11-9(4-6)7-5-8(7)10/h2-4,7-8H,5,10H2,1H3. The van der Waals surface area contributed by atoms with E-state index in [2.05, 4.69) is 18.0 Å². The molecule has 1 aliphatic rings. The normalized spacial score (nSPS) is 28.5. The zero-order chi connectivity index (χ0) is 7.84. The van der Waals surface area contributed by atoms with E-state index in [0.717, 1.165) is 12.1 Å². The van der Waals surface area contributed by atoms with E-state index < -0.39 is 0 Å². The summed E-state index contributed by atoms with van der Waals surface area (Å²) < 4.78 is 0. The average molecular weight is 148 g/mol. The van der Waals surface area contributed by atoms with Crippen molar-refractivity contribution in [2.45, 2.75) is 25.3 Å². The van der Waals surface area contributed by atoms with Gasteiger partial charge >= 0.3 is 0 Å². The van der Waals surface area contributed by atoms with Gasteiger partial charge < -0.3 is 5.73 Å². The number of pyridine rings is 1. The largest absolute Gasteiger partial charge is 0.327 e. The summed E-state index contributed by atoms with van der Waals surface area (Å²) in [4.78, 5) is 4.27. The van der Waals surface area contributed by atoms with Crippen molar-refractivity contribution in [1.82, 2.24) is 4.98 Å². The summed E-state index contributed by atoms with van der Waals surface area (Å²) in [5.74, 6) is 0.537. The molecule has 2 rings (SSSR count). The van der Waals surface area contributed by atoms with Crippen LogP contribution in [0.2, 0.25) is 0 Å². The Balaban J connectivity index is 2.25. The Morgan fingerprint density at radius 1 is 1.64 bits per heavy atom. The molecule has 2 nitrogen and oxygen atoms in total. The van der Waals surface area contributed by atoms with Gasteiger partial charge in [-0.25, -0.2) is 0 Å². The van der Waals surface area contributed by atoms with E-state index >= 15 is 0 Å². The minimum Gasteiger partial charge on any atom is -0.327 e. The minimum atomic E-state index is 0.365. The average Bonchev–Trinajstić information content (AvgIpc) is 2.67. The highest BCUT2D eigenvalue weighted by atomic mass is 14.8. The van der Waals surface area contributed by atoms with Crippen molar-refractivity contribution in [3.05, 3.63) is 29.6 Å². The molecule has 0 aromatic carbocycles. The Morgan fingerprint density at radius 3 is 2.91 bits per heavy atom. The summed E-state index contributed by atoms with van der Waals surface area (Å²) in [6.07, 6.45) is 2.96. The smallest absolute Gasteiger partial charge is 0.0453 e. The van der Waals surface area contributed by atoms with E-state index in [1.165, 1.54) is 5.56 Å². The van der Waals surface area contributed by atoms with Crippen LogP contribution < -0.4 is 5.73 Å². The Morgan fingerprint density at radius 2 is 2.36 bits per heavy atom. The first-order chi connectivity index (χ1) is 5.27. The van der Waals surface area contributed by atoms with E-state index in [1.807, 2.05) is 12.3 Å². The van der Waals surface area contributed by atoms with Crippen molar-refractivity contribution in [1.29, 1.82) is 0 Å². The Hall–Kier alpha value is -0.890. The highest BCUT2D eigenvalue weighted by molar-refractivity contribution is 5.24. The van der Waals surface area contributed by atoms with Gasteiger partial charge in [-0.2, -0.15) is 0 Å². The summed E-state index contributed by atoms with van der Waals surface area (Å²) in [6, 6.07) is 4.50. The first-order valence-corrected chi connectivity index (χ1v) is 3.95. The first-order valence-electron chi connectivity index (χ1n) is 3.95. The molecule has 0 spiro atoms.